The minimum atomic E-state index is -3.84. The van der Waals surface area contributed by atoms with Gasteiger partial charge < -0.3 is 9.97 Å². The third kappa shape index (κ3) is 3.52. The zero-order valence-electron chi connectivity index (χ0n) is 19.1. The lowest BCUT2D eigenvalue weighted by molar-refractivity contribution is 0.591. The molecule has 36 heavy (non-hydrogen) atoms. The molecule has 0 aliphatic rings. The summed E-state index contributed by atoms with van der Waals surface area (Å²) in [4.78, 5) is 14.6. The van der Waals surface area contributed by atoms with Crippen LogP contribution in [0.3, 0.4) is 0 Å². The second-order valence-electron chi connectivity index (χ2n) is 8.38. The van der Waals surface area contributed by atoms with Crippen LogP contribution in [0, 0.1) is 5.82 Å². The first-order chi connectivity index (χ1) is 17.4. The Balaban J connectivity index is 1.63. The topological polar surface area (TPSA) is 94.7 Å². The van der Waals surface area contributed by atoms with E-state index >= 15 is 0 Å². The highest BCUT2D eigenvalue weighted by molar-refractivity contribution is 7.92. The van der Waals surface area contributed by atoms with E-state index in [1.165, 1.54) is 36.0 Å². The van der Waals surface area contributed by atoms with Gasteiger partial charge in [-0.05, 0) is 41.5 Å². The number of H-pyrrole nitrogens is 2. The molecule has 0 fully saturated rings. The minimum Gasteiger partial charge on any atom is -0.350 e. The van der Waals surface area contributed by atoms with Crippen molar-refractivity contribution in [3.05, 3.63) is 97.3 Å². The van der Waals surface area contributed by atoms with E-state index in [9.17, 15) is 12.8 Å². The van der Waals surface area contributed by atoms with Crippen LogP contribution in [0.4, 0.5) is 10.1 Å². The first kappa shape index (κ1) is 22.0. The van der Waals surface area contributed by atoms with E-state index in [0.717, 1.165) is 38.5 Å². The Morgan fingerprint density at radius 3 is 2.42 bits per heavy atom. The van der Waals surface area contributed by atoms with Gasteiger partial charge in [-0.1, -0.05) is 42.5 Å². The van der Waals surface area contributed by atoms with Gasteiger partial charge in [-0.25, -0.2) is 14.4 Å². The second kappa shape index (κ2) is 8.31. The summed E-state index contributed by atoms with van der Waals surface area (Å²) in [6, 6.07) is 21.6. The number of aromatic amines is 2. The number of sulfonamides is 1. The number of pyridine rings is 1. The average Bonchev–Trinajstić information content (AvgIpc) is 3.57. The van der Waals surface area contributed by atoms with Crippen molar-refractivity contribution >= 4 is 37.6 Å². The van der Waals surface area contributed by atoms with Crippen molar-refractivity contribution in [2.24, 2.45) is 0 Å². The molecule has 0 saturated carbocycles. The summed E-state index contributed by atoms with van der Waals surface area (Å²) in [7, 11) is -2.34. The molecule has 3 heterocycles. The third-order valence-electron chi connectivity index (χ3n) is 6.28. The van der Waals surface area contributed by atoms with E-state index in [4.69, 9.17) is 0 Å². The van der Waals surface area contributed by atoms with E-state index in [2.05, 4.69) is 19.9 Å². The first-order valence-electron chi connectivity index (χ1n) is 11.2. The molecule has 3 aromatic carbocycles. The van der Waals surface area contributed by atoms with E-state index in [0.29, 0.717) is 11.3 Å². The summed E-state index contributed by atoms with van der Waals surface area (Å²) in [5.41, 5.74) is 5.54. The summed E-state index contributed by atoms with van der Waals surface area (Å²) in [5, 5.41) is 1.61. The Hall–Kier alpha value is -4.50. The number of hydrogen-bond acceptors (Lipinski definition) is 4. The van der Waals surface area contributed by atoms with Gasteiger partial charge in [0.25, 0.3) is 10.0 Å². The van der Waals surface area contributed by atoms with Gasteiger partial charge in [-0.2, -0.15) is 8.42 Å². The smallest absolute Gasteiger partial charge is 0.283 e. The van der Waals surface area contributed by atoms with Gasteiger partial charge in [0.1, 0.15) is 11.5 Å². The van der Waals surface area contributed by atoms with Gasteiger partial charge in [0, 0.05) is 46.9 Å². The van der Waals surface area contributed by atoms with Gasteiger partial charge in [0.2, 0.25) is 0 Å². The SMILES string of the molecule is CN(c1ccc2[nH]c3ncc(-c4ccc(F)cc4)c(-c4ccccc4)c3c2c1)S(=O)(=O)c1c[nH]cn1. The highest BCUT2D eigenvalue weighted by atomic mass is 32.2. The zero-order valence-corrected chi connectivity index (χ0v) is 19.9. The second-order valence-corrected chi connectivity index (χ2v) is 10.3. The maximum atomic E-state index is 13.7. The Morgan fingerprint density at radius 2 is 1.69 bits per heavy atom. The molecular formula is C27H20FN5O2S. The quantitative estimate of drug-likeness (QED) is 0.318. The Morgan fingerprint density at radius 1 is 0.917 bits per heavy atom. The molecule has 9 heteroatoms. The molecule has 6 aromatic rings. The molecule has 0 aliphatic carbocycles. The van der Waals surface area contributed by atoms with Crippen LogP contribution in [-0.4, -0.2) is 35.4 Å². The summed E-state index contributed by atoms with van der Waals surface area (Å²) in [6.07, 6.45) is 4.46. The van der Waals surface area contributed by atoms with E-state index in [-0.39, 0.29) is 10.8 Å². The number of halogens is 1. The van der Waals surface area contributed by atoms with Crippen LogP contribution in [0.25, 0.3) is 44.2 Å². The van der Waals surface area contributed by atoms with Crippen molar-refractivity contribution in [2.75, 3.05) is 11.4 Å². The van der Waals surface area contributed by atoms with E-state index < -0.39 is 10.0 Å². The molecule has 0 spiro atoms. The fraction of sp³-hybridized carbons (Fsp3) is 0.0370. The summed E-state index contributed by atoms with van der Waals surface area (Å²) in [5.74, 6) is -0.313. The van der Waals surface area contributed by atoms with Crippen LogP contribution in [0.15, 0.2) is 96.5 Å². The monoisotopic (exact) mass is 497 g/mol. The summed E-state index contributed by atoms with van der Waals surface area (Å²) < 4.78 is 41.0. The maximum absolute atomic E-state index is 13.7. The van der Waals surface area contributed by atoms with Gasteiger partial charge in [0.15, 0.2) is 5.03 Å². The van der Waals surface area contributed by atoms with Crippen LogP contribution in [0.1, 0.15) is 0 Å². The summed E-state index contributed by atoms with van der Waals surface area (Å²) >= 11 is 0. The lowest BCUT2D eigenvalue weighted by atomic mass is 9.93. The number of nitrogens with zero attached hydrogens (tertiary/aromatic N) is 3. The van der Waals surface area contributed by atoms with Crippen molar-refractivity contribution in [2.45, 2.75) is 5.03 Å². The molecule has 178 valence electrons. The van der Waals surface area contributed by atoms with Crippen molar-refractivity contribution in [3.8, 4) is 22.3 Å². The molecule has 0 radical (unpaired) electrons. The molecule has 0 bridgehead atoms. The normalized spacial score (nSPS) is 11.8. The first-order valence-corrected chi connectivity index (χ1v) is 12.6. The fourth-order valence-corrected chi connectivity index (χ4v) is 5.53. The van der Waals surface area contributed by atoms with Gasteiger partial charge in [0.05, 0.1) is 12.0 Å². The molecule has 0 amide bonds. The Labute approximate surface area is 206 Å². The average molecular weight is 498 g/mol. The Kier molecular flexibility index (Phi) is 5.08. The molecule has 0 atom stereocenters. The standard InChI is InChI=1S/C27H20FN5O2S/c1-33(36(34,35)24-15-29-16-31-24)20-11-12-23-21(13-20)26-25(18-5-3-2-4-6-18)22(14-30-27(26)32-23)17-7-9-19(28)10-8-17/h2-16H,1H3,(H,29,31)(H,30,32). The van der Waals surface area contributed by atoms with Crippen molar-refractivity contribution in [1.29, 1.82) is 0 Å². The molecule has 0 aliphatic heterocycles. The van der Waals surface area contributed by atoms with E-state index in [1.807, 2.05) is 42.5 Å². The van der Waals surface area contributed by atoms with Crippen molar-refractivity contribution in [3.63, 3.8) is 0 Å². The van der Waals surface area contributed by atoms with Crippen molar-refractivity contribution < 1.29 is 12.8 Å². The van der Waals surface area contributed by atoms with Crippen LogP contribution < -0.4 is 4.31 Å². The lowest BCUT2D eigenvalue weighted by Gasteiger charge is -2.18. The number of anilines is 1. The largest absolute Gasteiger partial charge is 0.350 e. The number of fused-ring (bicyclic) bond motifs is 3. The number of rotatable bonds is 5. The summed E-state index contributed by atoms with van der Waals surface area (Å²) in [6.45, 7) is 0. The van der Waals surface area contributed by atoms with Crippen molar-refractivity contribution in [1.82, 2.24) is 19.9 Å². The molecule has 7 nitrogen and oxygen atoms in total. The van der Waals surface area contributed by atoms with Gasteiger partial charge in [-0.15, -0.1) is 0 Å². The fourth-order valence-electron chi connectivity index (χ4n) is 4.46. The number of aromatic nitrogens is 4. The molecule has 6 rings (SSSR count). The minimum absolute atomic E-state index is 0.0609. The molecular weight excluding hydrogens is 477 g/mol. The van der Waals surface area contributed by atoms with Gasteiger partial charge >= 0.3 is 0 Å². The number of benzene rings is 3. The number of hydrogen-bond donors (Lipinski definition) is 2. The lowest BCUT2D eigenvalue weighted by Crippen LogP contribution is -2.26. The van der Waals surface area contributed by atoms with E-state index in [1.54, 1.807) is 24.4 Å². The van der Waals surface area contributed by atoms with Crippen LogP contribution in [-0.2, 0) is 10.0 Å². The highest BCUT2D eigenvalue weighted by Gasteiger charge is 2.24. The highest BCUT2D eigenvalue weighted by Crippen LogP contribution is 2.41. The number of nitrogens with one attached hydrogen (secondary N) is 2. The molecule has 0 unspecified atom stereocenters. The molecule has 3 aromatic heterocycles. The zero-order chi connectivity index (χ0) is 24.9. The molecule has 2 N–H and O–H groups in total. The van der Waals surface area contributed by atoms with Crippen LogP contribution in [0.5, 0.6) is 0 Å². The third-order valence-corrected chi connectivity index (χ3v) is 7.97. The Bertz CT molecular complexity index is 1810. The maximum Gasteiger partial charge on any atom is 0.283 e. The number of imidazole rings is 1. The predicted octanol–water partition coefficient (Wildman–Crippen LogP) is 5.74. The van der Waals surface area contributed by atoms with Crippen LogP contribution >= 0.6 is 0 Å². The molecule has 0 saturated heterocycles. The predicted molar refractivity (Wildman–Crippen MR) is 139 cm³/mol. The van der Waals surface area contributed by atoms with Gasteiger partial charge in [-0.3, -0.25) is 4.31 Å². The van der Waals surface area contributed by atoms with Crippen LogP contribution in [0.2, 0.25) is 0 Å².